The molecule has 1 saturated heterocycles. The van der Waals surface area contributed by atoms with Crippen molar-refractivity contribution in [2.75, 3.05) is 19.0 Å². The molecule has 1 aromatic heterocycles. The Balaban J connectivity index is 1.74. The third kappa shape index (κ3) is 4.33. The largest absolute Gasteiger partial charge is 0.465 e. The van der Waals surface area contributed by atoms with Crippen LogP contribution >= 0.6 is 23.6 Å². The highest BCUT2D eigenvalue weighted by molar-refractivity contribution is 7.80. The standard InChI is InChI=1S/C18H26N2O3S2/c1-11(13-8-6-10-23-13)19-18(24)20-16-15(17(21)22-2)12-7-4-3-5-9-14(12)25-16/h11,13H,3-10H2,1-2H3,(H2,19,20,24). The lowest BCUT2D eigenvalue weighted by Gasteiger charge is -2.21. The van der Waals surface area contributed by atoms with Crippen LogP contribution in [0, 0.1) is 0 Å². The minimum atomic E-state index is -0.281. The van der Waals surface area contributed by atoms with Crippen LogP contribution in [0.25, 0.3) is 0 Å². The first-order valence-electron chi connectivity index (χ1n) is 9.02. The number of fused-ring (bicyclic) bond motifs is 1. The number of ether oxygens (including phenoxy) is 2. The fourth-order valence-corrected chi connectivity index (χ4v) is 5.22. The average Bonchev–Trinajstić information content (AvgIpc) is 3.18. The van der Waals surface area contributed by atoms with E-state index in [0.717, 1.165) is 49.3 Å². The van der Waals surface area contributed by atoms with Gasteiger partial charge in [0.05, 0.1) is 24.8 Å². The zero-order chi connectivity index (χ0) is 17.8. The second-order valence-electron chi connectivity index (χ2n) is 6.70. The van der Waals surface area contributed by atoms with Crippen molar-refractivity contribution in [1.82, 2.24) is 5.32 Å². The van der Waals surface area contributed by atoms with Crippen molar-refractivity contribution in [3.63, 3.8) is 0 Å². The molecule has 3 rings (SSSR count). The van der Waals surface area contributed by atoms with Gasteiger partial charge in [-0.3, -0.25) is 0 Å². The molecule has 2 heterocycles. The van der Waals surface area contributed by atoms with Crippen molar-refractivity contribution < 1.29 is 14.3 Å². The smallest absolute Gasteiger partial charge is 0.341 e. The number of nitrogens with one attached hydrogen (secondary N) is 2. The quantitative estimate of drug-likeness (QED) is 0.471. The summed E-state index contributed by atoms with van der Waals surface area (Å²) in [7, 11) is 1.43. The minimum Gasteiger partial charge on any atom is -0.465 e. The Bertz CT molecular complexity index is 639. The van der Waals surface area contributed by atoms with E-state index in [1.807, 2.05) is 0 Å². The third-order valence-electron chi connectivity index (χ3n) is 4.92. The maximum atomic E-state index is 12.4. The predicted molar refractivity (Wildman–Crippen MR) is 105 cm³/mol. The Morgan fingerprint density at radius 2 is 2.12 bits per heavy atom. The summed E-state index contributed by atoms with van der Waals surface area (Å²) in [6.45, 7) is 2.90. The van der Waals surface area contributed by atoms with E-state index in [1.165, 1.54) is 24.8 Å². The molecule has 0 amide bonds. The first-order chi connectivity index (χ1) is 12.1. The zero-order valence-corrected chi connectivity index (χ0v) is 16.5. The van der Waals surface area contributed by atoms with Gasteiger partial charge in [0.2, 0.25) is 0 Å². The van der Waals surface area contributed by atoms with Crippen molar-refractivity contribution >= 4 is 39.6 Å². The van der Waals surface area contributed by atoms with E-state index in [2.05, 4.69) is 17.6 Å². The number of carbonyl (C=O) groups is 1. The van der Waals surface area contributed by atoms with Crippen LogP contribution in [0.3, 0.4) is 0 Å². The highest BCUT2D eigenvalue weighted by Gasteiger charge is 2.27. The Morgan fingerprint density at radius 1 is 1.32 bits per heavy atom. The molecule has 138 valence electrons. The lowest BCUT2D eigenvalue weighted by Crippen LogP contribution is -2.42. The van der Waals surface area contributed by atoms with Gasteiger partial charge in [-0.25, -0.2) is 4.79 Å². The number of carbonyl (C=O) groups excluding carboxylic acids is 1. The molecule has 1 aliphatic carbocycles. The molecule has 25 heavy (non-hydrogen) atoms. The summed E-state index contributed by atoms with van der Waals surface area (Å²) in [4.78, 5) is 13.6. The molecule has 2 atom stereocenters. The first kappa shape index (κ1) is 18.6. The zero-order valence-electron chi connectivity index (χ0n) is 14.9. The normalized spacial score (nSPS) is 21.1. The maximum Gasteiger partial charge on any atom is 0.341 e. The maximum absolute atomic E-state index is 12.4. The summed E-state index contributed by atoms with van der Waals surface area (Å²) in [5.41, 5.74) is 1.81. The van der Waals surface area contributed by atoms with E-state index in [0.29, 0.717) is 10.7 Å². The number of hydrogen-bond acceptors (Lipinski definition) is 5. The van der Waals surface area contributed by atoms with Crippen molar-refractivity contribution in [3.8, 4) is 0 Å². The second kappa shape index (κ2) is 8.47. The summed E-state index contributed by atoms with van der Waals surface area (Å²) in [5, 5.41) is 7.87. The van der Waals surface area contributed by atoms with Gasteiger partial charge in [0.1, 0.15) is 5.00 Å². The molecule has 1 aliphatic heterocycles. The van der Waals surface area contributed by atoms with E-state index < -0.39 is 0 Å². The summed E-state index contributed by atoms with van der Waals surface area (Å²) in [5.74, 6) is -0.281. The number of esters is 1. The average molecular weight is 383 g/mol. The highest BCUT2D eigenvalue weighted by Crippen LogP contribution is 2.37. The van der Waals surface area contributed by atoms with E-state index in [9.17, 15) is 4.79 Å². The van der Waals surface area contributed by atoms with Crippen molar-refractivity contribution in [2.45, 2.75) is 64.0 Å². The fraction of sp³-hybridized carbons (Fsp3) is 0.667. The number of methoxy groups -OCH3 is 1. The van der Waals surface area contributed by atoms with Crippen molar-refractivity contribution in [2.24, 2.45) is 0 Å². The van der Waals surface area contributed by atoms with Gasteiger partial charge in [0.25, 0.3) is 0 Å². The monoisotopic (exact) mass is 382 g/mol. The van der Waals surface area contributed by atoms with E-state index in [-0.39, 0.29) is 18.1 Å². The predicted octanol–water partition coefficient (Wildman–Crippen LogP) is 3.66. The first-order valence-corrected chi connectivity index (χ1v) is 10.2. The fourth-order valence-electron chi connectivity index (χ4n) is 3.58. The molecule has 2 unspecified atom stereocenters. The van der Waals surface area contributed by atoms with Crippen LogP contribution in [0.4, 0.5) is 5.00 Å². The van der Waals surface area contributed by atoms with Crippen LogP contribution in [-0.2, 0) is 22.3 Å². The van der Waals surface area contributed by atoms with E-state index in [4.69, 9.17) is 21.7 Å². The van der Waals surface area contributed by atoms with Crippen LogP contribution < -0.4 is 10.6 Å². The van der Waals surface area contributed by atoms with Crippen LogP contribution in [0.15, 0.2) is 0 Å². The van der Waals surface area contributed by atoms with Gasteiger partial charge in [0, 0.05) is 11.5 Å². The third-order valence-corrected chi connectivity index (χ3v) is 6.35. The molecule has 1 aromatic rings. The van der Waals surface area contributed by atoms with E-state index in [1.54, 1.807) is 11.3 Å². The van der Waals surface area contributed by atoms with Gasteiger partial charge in [-0.15, -0.1) is 11.3 Å². The Hall–Kier alpha value is -1.18. The van der Waals surface area contributed by atoms with Crippen molar-refractivity contribution in [3.05, 3.63) is 16.0 Å². The molecular formula is C18H26N2O3S2. The summed E-state index contributed by atoms with van der Waals surface area (Å²) < 4.78 is 10.7. The number of rotatable bonds is 4. The number of hydrogen-bond donors (Lipinski definition) is 2. The van der Waals surface area contributed by atoms with Crippen LogP contribution in [0.5, 0.6) is 0 Å². The molecule has 0 spiro atoms. The van der Waals surface area contributed by atoms with Crippen LogP contribution in [-0.4, -0.2) is 36.9 Å². The van der Waals surface area contributed by atoms with Gasteiger partial charge >= 0.3 is 5.97 Å². The number of aryl methyl sites for hydroxylation is 1. The topological polar surface area (TPSA) is 59.6 Å². The molecule has 5 nitrogen and oxygen atoms in total. The molecule has 0 saturated carbocycles. The molecule has 0 aromatic carbocycles. The van der Waals surface area contributed by atoms with Crippen LogP contribution in [0.2, 0.25) is 0 Å². The van der Waals surface area contributed by atoms with Crippen molar-refractivity contribution in [1.29, 1.82) is 0 Å². The van der Waals surface area contributed by atoms with Gasteiger partial charge in [-0.2, -0.15) is 0 Å². The van der Waals surface area contributed by atoms with Gasteiger partial charge < -0.3 is 20.1 Å². The van der Waals surface area contributed by atoms with Crippen LogP contribution in [0.1, 0.15) is 59.8 Å². The van der Waals surface area contributed by atoms with E-state index >= 15 is 0 Å². The van der Waals surface area contributed by atoms with Gasteiger partial charge in [-0.05, 0) is 63.2 Å². The molecule has 2 aliphatic rings. The summed E-state index contributed by atoms with van der Waals surface area (Å²) in [6, 6.07) is 0.141. The number of anilines is 1. The second-order valence-corrected chi connectivity index (χ2v) is 8.21. The molecule has 2 N–H and O–H groups in total. The molecule has 7 heteroatoms. The summed E-state index contributed by atoms with van der Waals surface area (Å²) >= 11 is 7.11. The summed E-state index contributed by atoms with van der Waals surface area (Å²) in [6.07, 6.45) is 7.81. The highest BCUT2D eigenvalue weighted by atomic mass is 32.1. The number of thiocarbonyl (C=S) groups is 1. The SMILES string of the molecule is COC(=O)c1c(NC(=S)NC(C)C2CCCO2)sc2c1CCCCC2. The molecule has 0 radical (unpaired) electrons. The van der Waals surface area contributed by atoms with Gasteiger partial charge in [-0.1, -0.05) is 6.42 Å². The Labute approximate surface area is 158 Å². The molecule has 0 bridgehead atoms. The minimum absolute atomic E-state index is 0.141. The molecule has 1 fully saturated rings. The Morgan fingerprint density at radius 3 is 2.84 bits per heavy atom. The molecular weight excluding hydrogens is 356 g/mol. The number of thiophene rings is 1. The lowest BCUT2D eigenvalue weighted by molar-refractivity contribution is 0.0601. The van der Waals surface area contributed by atoms with Gasteiger partial charge in [0.15, 0.2) is 5.11 Å². The lowest BCUT2D eigenvalue weighted by atomic mass is 10.1. The Kier molecular flexibility index (Phi) is 6.30.